The summed E-state index contributed by atoms with van der Waals surface area (Å²) in [4.78, 5) is 34.5. The summed E-state index contributed by atoms with van der Waals surface area (Å²) in [5.74, 6) is 3.10. The molecule has 2 N–H and O–H groups in total. The molecule has 32 heavy (non-hydrogen) atoms. The number of pyridine rings is 1. The number of carboxylic acid groups (broad SMARTS) is 1. The van der Waals surface area contributed by atoms with Crippen molar-refractivity contribution in [2.45, 2.75) is 57.1 Å². The number of terminal acetylenes is 1. The van der Waals surface area contributed by atoms with E-state index in [9.17, 15) is 19.8 Å². The van der Waals surface area contributed by atoms with Gasteiger partial charge in [-0.05, 0) is 51.0 Å². The maximum Gasteiger partial charge on any atom is 0.412 e. The van der Waals surface area contributed by atoms with Crippen molar-refractivity contribution in [1.82, 2.24) is 9.88 Å². The molecule has 3 fully saturated rings. The Kier molecular flexibility index (Phi) is 6.50. The summed E-state index contributed by atoms with van der Waals surface area (Å²) in [5.41, 5.74) is -0.118. The third-order valence-corrected chi connectivity index (χ3v) is 7.41. The van der Waals surface area contributed by atoms with Gasteiger partial charge in [-0.3, -0.25) is 9.69 Å². The fraction of sp³-hybridized carbons (Fsp3) is 0.609. The van der Waals surface area contributed by atoms with Gasteiger partial charge in [-0.1, -0.05) is 17.5 Å². The zero-order valence-electron chi connectivity index (χ0n) is 18.0. The lowest BCUT2D eigenvalue weighted by Gasteiger charge is -2.41. The number of hydrogen-bond donors (Lipinski definition) is 2. The maximum absolute atomic E-state index is 13.5. The van der Waals surface area contributed by atoms with Crippen molar-refractivity contribution >= 4 is 35.1 Å². The Labute approximate surface area is 193 Å². The van der Waals surface area contributed by atoms with Crippen molar-refractivity contribution in [3.63, 3.8) is 0 Å². The molecule has 1 aromatic heterocycles. The maximum atomic E-state index is 13.5. The van der Waals surface area contributed by atoms with Gasteiger partial charge in [0.2, 0.25) is 5.91 Å². The molecule has 2 amide bonds. The van der Waals surface area contributed by atoms with Crippen LogP contribution in [-0.2, 0) is 4.79 Å². The second-order valence-corrected chi connectivity index (χ2v) is 9.50. The zero-order valence-corrected chi connectivity index (χ0v) is 18.8. The van der Waals surface area contributed by atoms with Crippen LogP contribution in [0.5, 0.6) is 0 Å². The van der Waals surface area contributed by atoms with Crippen molar-refractivity contribution in [2.24, 2.45) is 5.41 Å². The van der Waals surface area contributed by atoms with Crippen LogP contribution in [0, 0.1) is 17.8 Å². The number of aromatic nitrogens is 1. The third kappa shape index (κ3) is 4.24. The Hall–Kier alpha value is -2.50. The average molecular weight is 461 g/mol. The highest BCUT2D eigenvalue weighted by atomic mass is 35.5. The number of hydrogen-bond acceptors (Lipinski definition) is 5. The second kappa shape index (κ2) is 9.16. The molecule has 0 bridgehead atoms. The lowest BCUT2D eigenvalue weighted by molar-refractivity contribution is -0.139. The minimum Gasteiger partial charge on any atom is -0.465 e. The fourth-order valence-electron chi connectivity index (χ4n) is 5.42. The van der Waals surface area contributed by atoms with Crippen molar-refractivity contribution < 1.29 is 19.8 Å². The van der Waals surface area contributed by atoms with Crippen LogP contribution in [0.3, 0.4) is 0 Å². The minimum atomic E-state index is -1.17. The first-order chi connectivity index (χ1) is 15.3. The van der Waals surface area contributed by atoms with E-state index in [0.717, 1.165) is 62.9 Å². The second-order valence-electron chi connectivity index (χ2n) is 9.09. The number of aliphatic hydroxyl groups is 1. The van der Waals surface area contributed by atoms with Gasteiger partial charge in [-0.25, -0.2) is 9.78 Å². The normalized spacial score (nSPS) is 28.1. The summed E-state index contributed by atoms with van der Waals surface area (Å²) in [6.07, 6.45) is 11.1. The molecule has 0 aromatic carbocycles. The van der Waals surface area contributed by atoms with Gasteiger partial charge >= 0.3 is 6.09 Å². The minimum absolute atomic E-state index is 0.0952. The summed E-state index contributed by atoms with van der Waals surface area (Å²) in [6.45, 7) is 1.95. The highest BCUT2D eigenvalue weighted by Crippen LogP contribution is 2.44. The number of piperidine rings is 1. The largest absolute Gasteiger partial charge is 0.465 e. The Morgan fingerprint density at radius 3 is 2.72 bits per heavy atom. The Balaban J connectivity index is 1.50. The fourth-order valence-corrected chi connectivity index (χ4v) is 5.70. The molecule has 1 spiro atoms. The summed E-state index contributed by atoms with van der Waals surface area (Å²) in [5, 5.41) is 19.5. The first-order valence-corrected chi connectivity index (χ1v) is 11.6. The molecular weight excluding hydrogens is 432 g/mol. The number of rotatable bonds is 4. The van der Waals surface area contributed by atoms with Gasteiger partial charge in [0, 0.05) is 25.7 Å². The molecule has 9 heteroatoms. The predicted octanol–water partition coefficient (Wildman–Crippen LogP) is 2.98. The standard InChI is InChI=1S/C23H29ClN4O4/c1-2-10-28(22(31)32)17-13-19(24)20(25-14-17)26-11-3-8-23(15-26)9-12-27(21(23)30)16-4-6-18(29)7-5-16/h1,13-14,16,18,29H,3-12,15H2,(H,31,32)/t16-,18-,23?. The summed E-state index contributed by atoms with van der Waals surface area (Å²) in [7, 11) is 0. The Morgan fingerprint density at radius 2 is 2.06 bits per heavy atom. The van der Waals surface area contributed by atoms with E-state index in [0.29, 0.717) is 23.1 Å². The van der Waals surface area contributed by atoms with Crippen LogP contribution in [0.15, 0.2) is 12.3 Å². The van der Waals surface area contributed by atoms with Crippen LogP contribution in [0.4, 0.5) is 16.3 Å². The lowest BCUT2D eigenvalue weighted by atomic mass is 9.78. The van der Waals surface area contributed by atoms with Crippen molar-refractivity contribution in [2.75, 3.05) is 36.0 Å². The number of aliphatic hydroxyl groups excluding tert-OH is 1. The van der Waals surface area contributed by atoms with E-state index in [2.05, 4.69) is 10.9 Å². The molecular formula is C23H29ClN4O4. The van der Waals surface area contributed by atoms with E-state index < -0.39 is 11.5 Å². The highest BCUT2D eigenvalue weighted by molar-refractivity contribution is 6.33. The van der Waals surface area contributed by atoms with E-state index >= 15 is 0 Å². The molecule has 1 aliphatic carbocycles. The molecule has 2 saturated heterocycles. The van der Waals surface area contributed by atoms with E-state index in [1.807, 2.05) is 9.80 Å². The highest BCUT2D eigenvalue weighted by Gasteiger charge is 2.51. The zero-order chi connectivity index (χ0) is 22.9. The van der Waals surface area contributed by atoms with Crippen LogP contribution >= 0.6 is 11.6 Å². The molecule has 0 radical (unpaired) electrons. The molecule has 1 aromatic rings. The van der Waals surface area contributed by atoms with E-state index in [1.165, 1.54) is 6.20 Å². The lowest BCUT2D eigenvalue weighted by Crippen LogP contribution is -2.50. The molecule has 2 aliphatic heterocycles. The van der Waals surface area contributed by atoms with Crippen LogP contribution in [-0.4, -0.2) is 70.4 Å². The molecule has 172 valence electrons. The number of anilines is 2. The topological polar surface area (TPSA) is 97.2 Å². The quantitative estimate of drug-likeness (QED) is 0.670. The van der Waals surface area contributed by atoms with E-state index in [-0.39, 0.29) is 24.6 Å². The molecule has 4 rings (SSSR count). The molecule has 3 heterocycles. The van der Waals surface area contributed by atoms with Gasteiger partial charge in [0.05, 0.1) is 35.0 Å². The van der Waals surface area contributed by atoms with Gasteiger partial charge < -0.3 is 20.0 Å². The third-order valence-electron chi connectivity index (χ3n) is 7.13. The number of halogens is 1. The molecule has 8 nitrogen and oxygen atoms in total. The molecule has 1 unspecified atom stereocenters. The molecule has 1 atom stereocenters. The van der Waals surface area contributed by atoms with Gasteiger partial charge in [0.1, 0.15) is 5.82 Å². The summed E-state index contributed by atoms with van der Waals surface area (Å²) < 4.78 is 0. The van der Waals surface area contributed by atoms with E-state index in [4.69, 9.17) is 18.0 Å². The van der Waals surface area contributed by atoms with Gasteiger partial charge in [0.15, 0.2) is 0 Å². The number of amides is 2. The first kappa shape index (κ1) is 22.7. The van der Waals surface area contributed by atoms with Crippen LogP contribution in [0.25, 0.3) is 0 Å². The predicted molar refractivity (Wildman–Crippen MR) is 122 cm³/mol. The first-order valence-electron chi connectivity index (χ1n) is 11.2. The summed E-state index contributed by atoms with van der Waals surface area (Å²) >= 11 is 6.51. The van der Waals surface area contributed by atoms with E-state index in [1.54, 1.807) is 6.07 Å². The summed E-state index contributed by atoms with van der Waals surface area (Å²) in [6, 6.07) is 1.78. The molecule has 1 saturated carbocycles. The van der Waals surface area contributed by atoms with Gasteiger partial charge in [-0.15, -0.1) is 6.42 Å². The Bertz CT molecular complexity index is 927. The van der Waals surface area contributed by atoms with Gasteiger partial charge in [-0.2, -0.15) is 0 Å². The van der Waals surface area contributed by atoms with Crippen LogP contribution in [0.2, 0.25) is 5.02 Å². The Morgan fingerprint density at radius 1 is 1.31 bits per heavy atom. The number of carbonyl (C=O) groups is 2. The smallest absolute Gasteiger partial charge is 0.412 e. The number of carbonyl (C=O) groups excluding carboxylic acids is 1. The van der Waals surface area contributed by atoms with Gasteiger partial charge in [0.25, 0.3) is 0 Å². The monoisotopic (exact) mass is 460 g/mol. The SMILES string of the molecule is C#CCN(C(=O)O)c1cnc(N2CCCC3(CCN([C@H]4CC[C@H](O)CC4)C3=O)C2)c(Cl)c1. The van der Waals surface area contributed by atoms with Crippen molar-refractivity contribution in [3.8, 4) is 12.3 Å². The van der Waals surface area contributed by atoms with Crippen molar-refractivity contribution in [1.29, 1.82) is 0 Å². The number of likely N-dealkylation sites (tertiary alicyclic amines) is 1. The van der Waals surface area contributed by atoms with Crippen molar-refractivity contribution in [3.05, 3.63) is 17.3 Å². The molecule has 3 aliphatic rings. The van der Waals surface area contributed by atoms with Crippen LogP contribution in [0.1, 0.15) is 44.9 Å². The number of nitrogens with zero attached hydrogens (tertiary/aromatic N) is 4. The average Bonchev–Trinajstić information content (AvgIpc) is 3.07. The van der Waals surface area contributed by atoms with Crippen LogP contribution < -0.4 is 9.80 Å².